The van der Waals surface area contributed by atoms with Crippen molar-refractivity contribution in [2.24, 2.45) is 0 Å². The van der Waals surface area contributed by atoms with Crippen LogP contribution in [-0.2, 0) is 13.1 Å². The molecule has 0 bridgehead atoms. The molecule has 2 N–H and O–H groups in total. The molecule has 172 valence electrons. The average Bonchev–Trinajstić information content (AvgIpc) is 2.78. The van der Waals surface area contributed by atoms with Crippen LogP contribution in [0.4, 0.5) is 4.79 Å². The van der Waals surface area contributed by atoms with E-state index in [-0.39, 0.29) is 11.9 Å². The van der Waals surface area contributed by atoms with Crippen molar-refractivity contribution in [1.29, 1.82) is 0 Å². The predicted octanol–water partition coefficient (Wildman–Crippen LogP) is 2.31. The van der Waals surface area contributed by atoms with Gasteiger partial charge in [0.1, 0.15) is 0 Å². The highest BCUT2D eigenvalue weighted by molar-refractivity contribution is 5.94. The Bertz CT molecular complexity index is 907. The molecule has 0 aromatic heterocycles. The summed E-state index contributed by atoms with van der Waals surface area (Å²) in [4.78, 5) is 31.2. The molecule has 1 saturated heterocycles. The van der Waals surface area contributed by atoms with Crippen LogP contribution < -0.4 is 10.6 Å². The molecule has 1 aliphatic heterocycles. The molecule has 7 heteroatoms. The third kappa shape index (κ3) is 7.35. The summed E-state index contributed by atoms with van der Waals surface area (Å²) < 4.78 is 0. The highest BCUT2D eigenvalue weighted by Gasteiger charge is 2.21. The highest BCUT2D eigenvalue weighted by atomic mass is 16.2. The van der Waals surface area contributed by atoms with Crippen LogP contribution in [0.25, 0.3) is 0 Å². The van der Waals surface area contributed by atoms with Gasteiger partial charge in [0.15, 0.2) is 0 Å². The van der Waals surface area contributed by atoms with Gasteiger partial charge in [0, 0.05) is 57.9 Å². The summed E-state index contributed by atoms with van der Waals surface area (Å²) >= 11 is 0. The lowest BCUT2D eigenvalue weighted by Gasteiger charge is -2.34. The topological polar surface area (TPSA) is 67.9 Å². The number of nitrogens with one attached hydrogen (secondary N) is 2. The SMILES string of the molecule is Cc1cccc(CN2CCN(C(=O)NCc3cccc(C(=O)NCCN(C)C)c3)CC2)c1. The van der Waals surface area contributed by atoms with Gasteiger partial charge in [-0.1, -0.05) is 42.0 Å². The monoisotopic (exact) mass is 437 g/mol. The number of aryl methyl sites for hydroxylation is 1. The summed E-state index contributed by atoms with van der Waals surface area (Å²) in [6.45, 7) is 7.98. The molecule has 1 fully saturated rings. The molecule has 0 atom stereocenters. The Morgan fingerprint density at radius 1 is 0.938 bits per heavy atom. The van der Waals surface area contributed by atoms with E-state index in [4.69, 9.17) is 0 Å². The second-order valence-corrected chi connectivity index (χ2v) is 8.67. The normalized spacial score (nSPS) is 14.4. The van der Waals surface area contributed by atoms with E-state index in [1.165, 1.54) is 11.1 Å². The molecule has 0 saturated carbocycles. The van der Waals surface area contributed by atoms with Crippen LogP contribution in [-0.4, -0.2) is 80.0 Å². The van der Waals surface area contributed by atoms with Gasteiger partial charge in [-0.05, 0) is 44.3 Å². The van der Waals surface area contributed by atoms with E-state index in [2.05, 4.69) is 46.7 Å². The molecule has 2 aromatic carbocycles. The van der Waals surface area contributed by atoms with E-state index < -0.39 is 0 Å². The maximum Gasteiger partial charge on any atom is 0.317 e. The largest absolute Gasteiger partial charge is 0.351 e. The molecular formula is C25H35N5O2. The smallest absolute Gasteiger partial charge is 0.317 e. The molecule has 32 heavy (non-hydrogen) atoms. The van der Waals surface area contributed by atoms with Crippen LogP contribution in [0.1, 0.15) is 27.0 Å². The van der Waals surface area contributed by atoms with Crippen molar-refractivity contribution in [2.45, 2.75) is 20.0 Å². The van der Waals surface area contributed by atoms with Crippen LogP contribution in [0, 0.1) is 6.92 Å². The van der Waals surface area contributed by atoms with E-state index >= 15 is 0 Å². The molecule has 0 unspecified atom stereocenters. The van der Waals surface area contributed by atoms with Gasteiger partial charge in [0.05, 0.1) is 0 Å². The van der Waals surface area contributed by atoms with Crippen LogP contribution in [0.15, 0.2) is 48.5 Å². The number of carbonyl (C=O) groups excluding carboxylic acids is 2. The first-order valence-electron chi connectivity index (χ1n) is 11.2. The van der Waals surface area contributed by atoms with Crippen molar-refractivity contribution >= 4 is 11.9 Å². The summed E-state index contributed by atoms with van der Waals surface area (Å²) in [6.07, 6.45) is 0. The fourth-order valence-corrected chi connectivity index (χ4v) is 3.78. The molecule has 0 aliphatic carbocycles. The predicted molar refractivity (Wildman–Crippen MR) is 128 cm³/mol. The van der Waals surface area contributed by atoms with E-state index in [0.717, 1.165) is 31.7 Å². The number of amides is 3. The lowest BCUT2D eigenvalue weighted by molar-refractivity contribution is 0.0951. The van der Waals surface area contributed by atoms with Gasteiger partial charge in [-0.3, -0.25) is 9.69 Å². The number of hydrogen-bond donors (Lipinski definition) is 2. The molecule has 1 aliphatic rings. The Labute approximate surface area is 191 Å². The van der Waals surface area contributed by atoms with Crippen molar-refractivity contribution in [3.05, 3.63) is 70.8 Å². The van der Waals surface area contributed by atoms with E-state index in [1.54, 1.807) is 6.07 Å². The second kappa shape index (κ2) is 11.6. The van der Waals surface area contributed by atoms with Gasteiger partial charge in [-0.2, -0.15) is 0 Å². The van der Waals surface area contributed by atoms with Crippen molar-refractivity contribution in [2.75, 3.05) is 53.4 Å². The Hall–Kier alpha value is -2.90. The zero-order valence-corrected chi connectivity index (χ0v) is 19.4. The van der Waals surface area contributed by atoms with Crippen LogP contribution >= 0.6 is 0 Å². The molecule has 0 spiro atoms. The third-order valence-corrected chi connectivity index (χ3v) is 5.63. The number of urea groups is 1. The Morgan fingerprint density at radius 2 is 1.66 bits per heavy atom. The minimum atomic E-state index is -0.0928. The second-order valence-electron chi connectivity index (χ2n) is 8.67. The third-order valence-electron chi connectivity index (χ3n) is 5.63. The number of likely N-dealkylation sites (N-methyl/N-ethyl adjacent to an activating group) is 1. The van der Waals surface area contributed by atoms with E-state index in [1.807, 2.05) is 42.1 Å². The van der Waals surface area contributed by atoms with Gasteiger partial charge < -0.3 is 20.4 Å². The zero-order valence-electron chi connectivity index (χ0n) is 19.4. The minimum Gasteiger partial charge on any atom is -0.351 e. The molecule has 3 amide bonds. The molecule has 1 heterocycles. The summed E-state index contributed by atoms with van der Waals surface area (Å²) in [7, 11) is 3.94. The van der Waals surface area contributed by atoms with Gasteiger partial charge in [-0.25, -0.2) is 4.79 Å². The number of rotatable bonds is 8. The van der Waals surface area contributed by atoms with E-state index in [0.29, 0.717) is 31.7 Å². The number of hydrogen-bond acceptors (Lipinski definition) is 4. The first kappa shape index (κ1) is 23.8. The Kier molecular flexibility index (Phi) is 8.64. The van der Waals surface area contributed by atoms with E-state index in [9.17, 15) is 9.59 Å². The zero-order chi connectivity index (χ0) is 22.9. The first-order valence-corrected chi connectivity index (χ1v) is 11.2. The molecule has 2 aromatic rings. The molecule has 3 rings (SSSR count). The van der Waals surface area contributed by atoms with Crippen molar-refractivity contribution in [1.82, 2.24) is 25.3 Å². The molecule has 0 radical (unpaired) electrons. The van der Waals surface area contributed by atoms with Crippen molar-refractivity contribution < 1.29 is 9.59 Å². The lowest BCUT2D eigenvalue weighted by Crippen LogP contribution is -2.51. The fourth-order valence-electron chi connectivity index (χ4n) is 3.78. The number of piperazine rings is 1. The molecule has 7 nitrogen and oxygen atoms in total. The summed E-state index contributed by atoms with van der Waals surface area (Å²) in [5, 5.41) is 5.91. The van der Waals surface area contributed by atoms with Gasteiger partial charge in [-0.15, -0.1) is 0 Å². The first-order chi connectivity index (χ1) is 15.4. The van der Waals surface area contributed by atoms with Crippen molar-refractivity contribution in [3.8, 4) is 0 Å². The quantitative estimate of drug-likeness (QED) is 0.665. The number of carbonyl (C=O) groups is 2. The van der Waals surface area contributed by atoms with Gasteiger partial charge in [0.25, 0.3) is 5.91 Å². The van der Waals surface area contributed by atoms with Crippen molar-refractivity contribution in [3.63, 3.8) is 0 Å². The number of nitrogens with zero attached hydrogens (tertiary/aromatic N) is 3. The Morgan fingerprint density at radius 3 is 2.38 bits per heavy atom. The summed E-state index contributed by atoms with van der Waals surface area (Å²) in [5.41, 5.74) is 4.11. The van der Waals surface area contributed by atoms with Gasteiger partial charge >= 0.3 is 6.03 Å². The van der Waals surface area contributed by atoms with Gasteiger partial charge in [0.2, 0.25) is 0 Å². The highest BCUT2D eigenvalue weighted by Crippen LogP contribution is 2.11. The van der Waals surface area contributed by atoms with Crippen LogP contribution in [0.3, 0.4) is 0 Å². The summed E-state index contributed by atoms with van der Waals surface area (Å²) in [6, 6.07) is 15.9. The fraction of sp³-hybridized carbons (Fsp3) is 0.440. The van der Waals surface area contributed by atoms with Crippen LogP contribution in [0.2, 0.25) is 0 Å². The average molecular weight is 438 g/mol. The molecular weight excluding hydrogens is 402 g/mol. The lowest BCUT2D eigenvalue weighted by atomic mass is 10.1. The maximum atomic E-state index is 12.6. The Balaban J connectivity index is 1.42. The summed E-state index contributed by atoms with van der Waals surface area (Å²) in [5.74, 6) is -0.0928. The minimum absolute atomic E-state index is 0.0546. The standard InChI is InChI=1S/C25H35N5O2/c1-20-6-4-8-22(16-20)19-29-12-14-30(15-13-29)25(32)27-18-21-7-5-9-23(17-21)24(31)26-10-11-28(2)3/h4-9,16-17H,10-15,18-19H2,1-3H3,(H,26,31)(H,27,32). The van der Waals surface area contributed by atoms with Crippen LogP contribution in [0.5, 0.6) is 0 Å². The maximum absolute atomic E-state index is 12.6. The number of benzene rings is 2.